The molecular formula is C22H30ClN5O4S. The van der Waals surface area contributed by atoms with E-state index in [0.717, 1.165) is 57.0 Å². The van der Waals surface area contributed by atoms with Gasteiger partial charge in [-0.25, -0.2) is 8.42 Å². The van der Waals surface area contributed by atoms with Gasteiger partial charge in [0.25, 0.3) is 0 Å². The minimum atomic E-state index is -3.57. The zero-order valence-electron chi connectivity index (χ0n) is 18.8. The number of rotatable bonds is 8. The van der Waals surface area contributed by atoms with E-state index < -0.39 is 10.0 Å². The van der Waals surface area contributed by atoms with Crippen LogP contribution in [0.3, 0.4) is 0 Å². The fourth-order valence-corrected chi connectivity index (χ4v) is 5.90. The maximum atomic E-state index is 12.8. The number of aryl methyl sites for hydroxylation is 1. The number of carbonyl (C=O) groups excluding carboxylic acids is 1. The largest absolute Gasteiger partial charge is 0.360 e. The van der Waals surface area contributed by atoms with Crippen molar-refractivity contribution in [2.24, 2.45) is 0 Å². The molecule has 0 atom stereocenters. The second kappa shape index (κ2) is 10.5. The maximum absolute atomic E-state index is 12.8. The first-order valence-corrected chi connectivity index (χ1v) is 13.1. The van der Waals surface area contributed by atoms with Gasteiger partial charge in [0.1, 0.15) is 0 Å². The normalized spacial score (nSPS) is 18.6. The molecule has 180 valence electrons. The lowest BCUT2D eigenvalue weighted by Crippen LogP contribution is -2.46. The number of halogens is 1. The summed E-state index contributed by atoms with van der Waals surface area (Å²) < 4.78 is 32.4. The first-order valence-electron chi connectivity index (χ1n) is 11.3. The van der Waals surface area contributed by atoms with Crippen molar-refractivity contribution in [2.45, 2.75) is 37.6 Å². The maximum Gasteiger partial charge on any atom is 0.243 e. The van der Waals surface area contributed by atoms with Gasteiger partial charge < -0.3 is 14.7 Å². The summed E-state index contributed by atoms with van der Waals surface area (Å²) in [4.78, 5) is 17.3. The van der Waals surface area contributed by atoms with Crippen molar-refractivity contribution in [1.82, 2.24) is 19.3 Å². The number of anilines is 1. The van der Waals surface area contributed by atoms with Gasteiger partial charge in [0, 0.05) is 58.3 Å². The Morgan fingerprint density at radius 2 is 1.79 bits per heavy atom. The van der Waals surface area contributed by atoms with Crippen LogP contribution < -0.4 is 5.32 Å². The van der Waals surface area contributed by atoms with Crippen molar-refractivity contribution >= 4 is 33.2 Å². The molecule has 0 bridgehead atoms. The highest BCUT2D eigenvalue weighted by Crippen LogP contribution is 2.28. The van der Waals surface area contributed by atoms with Crippen molar-refractivity contribution < 1.29 is 17.7 Å². The van der Waals surface area contributed by atoms with E-state index in [4.69, 9.17) is 16.1 Å². The Labute approximate surface area is 199 Å². The SMILES string of the molecule is Cc1cc(CN2CCN(CCC(=O)Nc3cc(S(=O)(=O)N4CCCC4)ccc3Cl)CC2)on1. The second-order valence-electron chi connectivity index (χ2n) is 8.60. The van der Waals surface area contributed by atoms with Crippen LogP contribution in [0.4, 0.5) is 5.69 Å². The van der Waals surface area contributed by atoms with Crippen LogP contribution in [0.1, 0.15) is 30.7 Å². The molecule has 1 aromatic carbocycles. The Morgan fingerprint density at radius 1 is 1.09 bits per heavy atom. The van der Waals surface area contributed by atoms with Crippen LogP contribution in [-0.2, 0) is 21.4 Å². The number of nitrogens with zero attached hydrogens (tertiary/aromatic N) is 4. The van der Waals surface area contributed by atoms with Crippen molar-refractivity contribution in [3.05, 3.63) is 40.7 Å². The summed E-state index contributed by atoms with van der Waals surface area (Å²) >= 11 is 6.23. The van der Waals surface area contributed by atoms with Gasteiger partial charge in [-0.05, 0) is 38.0 Å². The number of sulfonamides is 1. The summed E-state index contributed by atoms with van der Waals surface area (Å²) in [6.45, 7) is 7.85. The summed E-state index contributed by atoms with van der Waals surface area (Å²) in [6, 6.07) is 6.42. The molecule has 0 aliphatic carbocycles. The van der Waals surface area contributed by atoms with Gasteiger partial charge in [-0.2, -0.15) is 4.31 Å². The number of carbonyl (C=O) groups is 1. The van der Waals surface area contributed by atoms with Crippen LogP contribution in [-0.4, -0.2) is 79.4 Å². The third-order valence-electron chi connectivity index (χ3n) is 6.09. The molecule has 1 amide bonds. The standard InChI is InChI=1S/C22H30ClN5O4S/c1-17-14-18(32-25-17)16-27-12-10-26(11-13-27)9-6-22(29)24-21-15-19(4-5-20(21)23)33(30,31)28-7-2-3-8-28/h4-5,14-15H,2-3,6-13,16H2,1H3,(H,24,29). The molecule has 0 unspecified atom stereocenters. The van der Waals surface area contributed by atoms with Crippen LogP contribution in [0.5, 0.6) is 0 Å². The van der Waals surface area contributed by atoms with Crippen LogP contribution in [0, 0.1) is 6.92 Å². The van der Waals surface area contributed by atoms with Crippen molar-refractivity contribution in [3.63, 3.8) is 0 Å². The van der Waals surface area contributed by atoms with E-state index in [-0.39, 0.29) is 10.8 Å². The molecule has 33 heavy (non-hydrogen) atoms. The fraction of sp³-hybridized carbons (Fsp3) is 0.545. The van der Waals surface area contributed by atoms with Crippen molar-refractivity contribution in [2.75, 3.05) is 51.1 Å². The zero-order valence-corrected chi connectivity index (χ0v) is 20.4. The number of amides is 1. The molecule has 1 aromatic heterocycles. The molecule has 2 saturated heterocycles. The number of aromatic nitrogens is 1. The topological polar surface area (TPSA) is 99.0 Å². The zero-order chi connectivity index (χ0) is 23.4. The summed E-state index contributed by atoms with van der Waals surface area (Å²) in [5, 5.41) is 7.03. The Kier molecular flexibility index (Phi) is 7.70. The highest BCUT2D eigenvalue weighted by Gasteiger charge is 2.28. The third kappa shape index (κ3) is 6.13. The van der Waals surface area contributed by atoms with E-state index in [1.165, 1.54) is 22.5 Å². The molecule has 1 N–H and O–H groups in total. The van der Waals surface area contributed by atoms with Gasteiger partial charge in [-0.3, -0.25) is 9.69 Å². The molecule has 0 spiro atoms. The highest BCUT2D eigenvalue weighted by atomic mass is 35.5. The average Bonchev–Trinajstić information content (AvgIpc) is 3.47. The number of hydrogen-bond acceptors (Lipinski definition) is 7. The van der Waals surface area contributed by atoms with Crippen LogP contribution in [0.25, 0.3) is 0 Å². The molecule has 0 radical (unpaired) electrons. The summed E-state index contributed by atoms with van der Waals surface area (Å²) in [6.07, 6.45) is 2.04. The highest BCUT2D eigenvalue weighted by molar-refractivity contribution is 7.89. The smallest absolute Gasteiger partial charge is 0.243 e. The van der Waals surface area contributed by atoms with E-state index >= 15 is 0 Å². The van der Waals surface area contributed by atoms with E-state index in [1.54, 1.807) is 0 Å². The molecule has 9 nitrogen and oxygen atoms in total. The van der Waals surface area contributed by atoms with Gasteiger partial charge in [-0.1, -0.05) is 16.8 Å². The number of nitrogens with one attached hydrogen (secondary N) is 1. The third-order valence-corrected chi connectivity index (χ3v) is 8.32. The fourth-order valence-electron chi connectivity index (χ4n) is 4.19. The van der Waals surface area contributed by atoms with Gasteiger partial charge in [-0.15, -0.1) is 0 Å². The Hall–Kier alpha value is -1.98. The van der Waals surface area contributed by atoms with Crippen molar-refractivity contribution in [1.29, 1.82) is 0 Å². The molecular weight excluding hydrogens is 466 g/mol. The lowest BCUT2D eigenvalue weighted by Gasteiger charge is -2.33. The molecule has 2 fully saturated rings. The quantitative estimate of drug-likeness (QED) is 0.600. The van der Waals surface area contributed by atoms with E-state index in [1.807, 2.05) is 13.0 Å². The predicted molar refractivity (Wildman–Crippen MR) is 126 cm³/mol. The van der Waals surface area contributed by atoms with Gasteiger partial charge in [0.05, 0.1) is 27.8 Å². The molecule has 11 heteroatoms. The number of piperazine rings is 1. The average molecular weight is 496 g/mol. The molecule has 3 heterocycles. The van der Waals surface area contributed by atoms with Crippen LogP contribution in [0.2, 0.25) is 5.02 Å². The van der Waals surface area contributed by atoms with E-state index in [0.29, 0.717) is 36.8 Å². The monoisotopic (exact) mass is 495 g/mol. The van der Waals surface area contributed by atoms with Gasteiger partial charge in [0.15, 0.2) is 5.76 Å². The Bertz CT molecular complexity index is 1080. The van der Waals surface area contributed by atoms with E-state index in [9.17, 15) is 13.2 Å². The van der Waals surface area contributed by atoms with Gasteiger partial charge >= 0.3 is 0 Å². The van der Waals surface area contributed by atoms with Crippen LogP contribution in [0.15, 0.2) is 33.7 Å². The lowest BCUT2D eigenvalue weighted by molar-refractivity contribution is -0.116. The van der Waals surface area contributed by atoms with Crippen molar-refractivity contribution in [3.8, 4) is 0 Å². The minimum absolute atomic E-state index is 0.155. The Morgan fingerprint density at radius 3 is 2.45 bits per heavy atom. The number of benzene rings is 1. The van der Waals surface area contributed by atoms with Gasteiger partial charge in [0.2, 0.25) is 15.9 Å². The minimum Gasteiger partial charge on any atom is -0.360 e. The summed E-state index contributed by atoms with van der Waals surface area (Å²) in [5.74, 6) is 0.679. The summed E-state index contributed by atoms with van der Waals surface area (Å²) in [5.41, 5.74) is 1.21. The molecule has 2 aliphatic rings. The molecule has 2 aliphatic heterocycles. The Balaban J connectivity index is 1.26. The predicted octanol–water partition coefficient (Wildman–Crippen LogP) is 2.57. The molecule has 4 rings (SSSR count). The van der Waals surface area contributed by atoms with E-state index in [2.05, 4.69) is 20.3 Å². The second-order valence-corrected chi connectivity index (χ2v) is 10.9. The summed E-state index contributed by atoms with van der Waals surface area (Å²) in [7, 11) is -3.57. The first kappa shape index (κ1) is 24.2. The lowest BCUT2D eigenvalue weighted by atomic mass is 10.2. The number of hydrogen-bond donors (Lipinski definition) is 1. The first-order chi connectivity index (χ1) is 15.8. The molecule has 0 saturated carbocycles. The van der Waals surface area contributed by atoms with Crippen LogP contribution >= 0.6 is 11.6 Å². The molecule has 2 aromatic rings.